The highest BCUT2D eigenvalue weighted by Crippen LogP contribution is 2.38. The first-order valence-corrected chi connectivity index (χ1v) is 5.89. The lowest BCUT2D eigenvalue weighted by Crippen LogP contribution is -2.22. The van der Waals surface area contributed by atoms with Gasteiger partial charge in [-0.15, -0.1) is 0 Å². The van der Waals surface area contributed by atoms with Crippen molar-refractivity contribution in [1.82, 2.24) is 0 Å². The third-order valence-corrected chi connectivity index (χ3v) is 2.96. The van der Waals surface area contributed by atoms with Crippen LogP contribution in [0, 0.1) is 23.5 Å². The molecule has 0 unspecified atom stereocenters. The molecule has 1 amide bonds. The van der Waals surface area contributed by atoms with Gasteiger partial charge >= 0.3 is 5.97 Å². The summed E-state index contributed by atoms with van der Waals surface area (Å²) in [6.07, 6.45) is 0.771. The number of carbonyl (C=O) groups excluding carboxylic acids is 2. The summed E-state index contributed by atoms with van der Waals surface area (Å²) in [6, 6.07) is 2.79. The zero-order valence-corrected chi connectivity index (χ0v) is 10.3. The van der Waals surface area contributed by atoms with E-state index < -0.39 is 30.1 Å². The van der Waals surface area contributed by atoms with Gasteiger partial charge in [0, 0.05) is 6.07 Å². The lowest BCUT2D eigenvalue weighted by atomic mass is 10.3. The normalized spacial score (nSPS) is 20.8. The molecule has 0 bridgehead atoms. The maximum atomic E-state index is 13.2. The average Bonchev–Trinajstić information content (AvgIpc) is 3.07. The molecule has 4 nitrogen and oxygen atoms in total. The topological polar surface area (TPSA) is 55.4 Å². The lowest BCUT2D eigenvalue weighted by molar-refractivity contribution is -0.148. The minimum Gasteiger partial charge on any atom is -0.455 e. The molecule has 2 rings (SSSR count). The summed E-state index contributed by atoms with van der Waals surface area (Å²) >= 11 is 0. The Morgan fingerprint density at radius 3 is 2.68 bits per heavy atom. The predicted octanol–water partition coefficient (Wildman–Crippen LogP) is 2.10. The fourth-order valence-electron chi connectivity index (χ4n) is 1.67. The van der Waals surface area contributed by atoms with Gasteiger partial charge in [0.05, 0.1) is 11.6 Å². The summed E-state index contributed by atoms with van der Waals surface area (Å²) in [5, 5.41) is 2.21. The minimum atomic E-state index is -0.879. The van der Waals surface area contributed by atoms with E-state index in [4.69, 9.17) is 4.74 Å². The molecule has 1 saturated carbocycles. The van der Waals surface area contributed by atoms with Gasteiger partial charge in [0.2, 0.25) is 0 Å². The number of ether oxygens (including phenoxy) is 1. The van der Waals surface area contributed by atoms with Crippen LogP contribution in [0.2, 0.25) is 0 Å². The SMILES string of the molecule is C[C@H]1C[C@H]1C(=O)OCC(=O)Nc1ccc(F)cc1F. The van der Waals surface area contributed by atoms with Gasteiger partial charge in [-0.3, -0.25) is 9.59 Å². The molecule has 1 aromatic rings. The molecule has 1 aliphatic carbocycles. The van der Waals surface area contributed by atoms with Crippen molar-refractivity contribution in [3.63, 3.8) is 0 Å². The van der Waals surface area contributed by atoms with Crippen molar-refractivity contribution in [2.24, 2.45) is 11.8 Å². The second kappa shape index (κ2) is 5.34. The zero-order chi connectivity index (χ0) is 14.0. The third-order valence-electron chi connectivity index (χ3n) is 2.96. The Hall–Kier alpha value is -1.98. The largest absolute Gasteiger partial charge is 0.455 e. The first-order valence-electron chi connectivity index (χ1n) is 5.89. The average molecular weight is 269 g/mol. The molecule has 102 valence electrons. The molecule has 2 atom stereocenters. The Kier molecular flexibility index (Phi) is 3.78. The summed E-state index contributed by atoms with van der Waals surface area (Å²) in [5.41, 5.74) is -0.151. The Balaban J connectivity index is 1.82. The second-order valence-corrected chi connectivity index (χ2v) is 4.60. The standard InChI is InChI=1S/C13H13F2NO3/c1-7-4-9(7)13(18)19-6-12(17)16-11-3-2-8(14)5-10(11)15/h2-3,5,7,9H,4,6H2,1H3,(H,16,17)/t7-,9+/m0/s1. The van der Waals surface area contributed by atoms with Crippen molar-refractivity contribution in [2.45, 2.75) is 13.3 Å². The predicted molar refractivity (Wildman–Crippen MR) is 63.2 cm³/mol. The van der Waals surface area contributed by atoms with E-state index in [1.54, 1.807) is 0 Å². The van der Waals surface area contributed by atoms with Gasteiger partial charge in [0.1, 0.15) is 11.6 Å². The molecule has 0 heterocycles. The molecular weight excluding hydrogens is 256 g/mol. The van der Waals surface area contributed by atoms with E-state index in [0.29, 0.717) is 12.0 Å². The first-order chi connectivity index (χ1) is 8.97. The van der Waals surface area contributed by atoms with Gasteiger partial charge in [-0.05, 0) is 24.5 Å². The van der Waals surface area contributed by atoms with Crippen LogP contribution in [0.5, 0.6) is 0 Å². The van der Waals surface area contributed by atoms with Crippen LogP contribution in [-0.4, -0.2) is 18.5 Å². The Morgan fingerprint density at radius 1 is 1.42 bits per heavy atom. The van der Waals surface area contributed by atoms with Gasteiger partial charge in [0.15, 0.2) is 6.61 Å². The summed E-state index contributed by atoms with van der Waals surface area (Å²) in [4.78, 5) is 22.8. The number of anilines is 1. The molecule has 1 N–H and O–H groups in total. The number of amides is 1. The number of rotatable bonds is 4. The van der Waals surface area contributed by atoms with E-state index in [1.807, 2.05) is 6.92 Å². The molecule has 0 saturated heterocycles. The molecule has 0 radical (unpaired) electrons. The van der Waals surface area contributed by atoms with Crippen molar-refractivity contribution in [3.8, 4) is 0 Å². The number of benzene rings is 1. The fraction of sp³-hybridized carbons (Fsp3) is 0.385. The van der Waals surface area contributed by atoms with E-state index in [0.717, 1.165) is 18.6 Å². The van der Waals surface area contributed by atoms with Crippen LogP contribution in [0.3, 0.4) is 0 Å². The highest BCUT2D eigenvalue weighted by molar-refractivity contribution is 5.93. The summed E-state index contributed by atoms with van der Waals surface area (Å²) in [6.45, 7) is 1.44. The monoisotopic (exact) mass is 269 g/mol. The van der Waals surface area contributed by atoms with Crippen molar-refractivity contribution in [3.05, 3.63) is 29.8 Å². The zero-order valence-electron chi connectivity index (χ0n) is 10.3. The van der Waals surface area contributed by atoms with E-state index in [9.17, 15) is 18.4 Å². The Labute approximate surface area is 108 Å². The van der Waals surface area contributed by atoms with Crippen LogP contribution in [-0.2, 0) is 14.3 Å². The van der Waals surface area contributed by atoms with Gasteiger partial charge in [-0.25, -0.2) is 8.78 Å². The molecule has 1 aliphatic rings. The van der Waals surface area contributed by atoms with E-state index in [-0.39, 0.29) is 11.6 Å². The summed E-state index contributed by atoms with van der Waals surface area (Å²) in [5.74, 6) is -2.52. The Bertz CT molecular complexity index is 519. The molecule has 0 aliphatic heterocycles. The van der Waals surface area contributed by atoms with Gasteiger partial charge < -0.3 is 10.1 Å². The number of carbonyl (C=O) groups is 2. The van der Waals surface area contributed by atoms with Crippen LogP contribution in [0.15, 0.2) is 18.2 Å². The highest BCUT2D eigenvalue weighted by atomic mass is 19.1. The third kappa shape index (κ3) is 3.49. The van der Waals surface area contributed by atoms with Crippen molar-refractivity contribution >= 4 is 17.6 Å². The fourth-order valence-corrected chi connectivity index (χ4v) is 1.67. The quantitative estimate of drug-likeness (QED) is 0.852. The van der Waals surface area contributed by atoms with Crippen molar-refractivity contribution in [1.29, 1.82) is 0 Å². The van der Waals surface area contributed by atoms with Crippen LogP contribution < -0.4 is 5.32 Å². The van der Waals surface area contributed by atoms with Gasteiger partial charge in [-0.1, -0.05) is 6.92 Å². The first kappa shape index (κ1) is 13.5. The summed E-state index contributed by atoms with van der Waals surface area (Å²) < 4.78 is 30.7. The molecule has 0 spiro atoms. The van der Waals surface area contributed by atoms with Crippen molar-refractivity contribution < 1.29 is 23.1 Å². The van der Waals surface area contributed by atoms with Crippen LogP contribution in [0.25, 0.3) is 0 Å². The van der Waals surface area contributed by atoms with Crippen LogP contribution in [0.1, 0.15) is 13.3 Å². The van der Waals surface area contributed by atoms with E-state index in [1.165, 1.54) is 0 Å². The lowest BCUT2D eigenvalue weighted by Gasteiger charge is -2.07. The molecular formula is C13H13F2NO3. The second-order valence-electron chi connectivity index (χ2n) is 4.60. The number of halogens is 2. The Morgan fingerprint density at radius 2 is 2.11 bits per heavy atom. The van der Waals surface area contributed by atoms with E-state index >= 15 is 0 Å². The highest BCUT2D eigenvalue weighted by Gasteiger charge is 2.40. The number of hydrogen-bond donors (Lipinski definition) is 1. The van der Waals surface area contributed by atoms with E-state index in [2.05, 4.69) is 5.32 Å². The van der Waals surface area contributed by atoms with Gasteiger partial charge in [-0.2, -0.15) is 0 Å². The maximum Gasteiger partial charge on any atom is 0.309 e. The number of hydrogen-bond acceptors (Lipinski definition) is 3. The maximum absolute atomic E-state index is 13.2. The van der Waals surface area contributed by atoms with Crippen LogP contribution in [0.4, 0.5) is 14.5 Å². The summed E-state index contributed by atoms with van der Waals surface area (Å²) in [7, 11) is 0. The van der Waals surface area contributed by atoms with Gasteiger partial charge in [0.25, 0.3) is 5.91 Å². The molecule has 19 heavy (non-hydrogen) atoms. The smallest absolute Gasteiger partial charge is 0.309 e. The molecule has 1 aromatic carbocycles. The van der Waals surface area contributed by atoms with Crippen LogP contribution >= 0.6 is 0 Å². The number of esters is 1. The molecule has 0 aromatic heterocycles. The van der Waals surface area contributed by atoms with Crippen molar-refractivity contribution in [2.75, 3.05) is 11.9 Å². The number of nitrogens with one attached hydrogen (secondary N) is 1. The molecule has 1 fully saturated rings. The molecule has 6 heteroatoms. The minimum absolute atomic E-state index is 0.129.